The molecule has 0 aliphatic heterocycles. The lowest BCUT2D eigenvalue weighted by atomic mass is 9.98. The fraction of sp³-hybridized carbons (Fsp3) is 0.357. The SMILES string of the molecule is COC(=O)CCC(=O)c1ccc(C)c(C(=O)OC)c1O. The number of phenols is 1. The van der Waals surface area contributed by atoms with E-state index in [9.17, 15) is 19.5 Å². The fourth-order valence-corrected chi connectivity index (χ4v) is 1.73. The molecule has 0 amide bonds. The Bertz CT molecular complexity index is 547. The van der Waals surface area contributed by atoms with Crippen molar-refractivity contribution in [1.82, 2.24) is 0 Å². The molecular weight excluding hydrogens is 264 g/mol. The maximum absolute atomic E-state index is 11.9. The van der Waals surface area contributed by atoms with E-state index in [-0.39, 0.29) is 24.0 Å². The van der Waals surface area contributed by atoms with Gasteiger partial charge in [0.15, 0.2) is 5.78 Å². The number of carbonyl (C=O) groups is 3. The van der Waals surface area contributed by atoms with E-state index >= 15 is 0 Å². The number of ether oxygens (including phenoxy) is 2. The molecule has 0 fully saturated rings. The largest absolute Gasteiger partial charge is 0.506 e. The Morgan fingerprint density at radius 2 is 1.75 bits per heavy atom. The molecule has 0 spiro atoms. The number of Topliss-reactive ketones (excluding diaryl/α,β-unsaturated/α-hetero) is 1. The maximum atomic E-state index is 11.9. The number of benzene rings is 1. The van der Waals surface area contributed by atoms with E-state index in [1.54, 1.807) is 6.92 Å². The maximum Gasteiger partial charge on any atom is 0.341 e. The predicted octanol–water partition coefficient (Wildman–Crippen LogP) is 1.62. The number of phenolic OH excluding ortho intramolecular Hbond substituents is 1. The molecule has 0 heterocycles. The van der Waals surface area contributed by atoms with Crippen LogP contribution in [0, 0.1) is 6.92 Å². The molecule has 0 saturated carbocycles. The van der Waals surface area contributed by atoms with Crippen LogP contribution >= 0.6 is 0 Å². The van der Waals surface area contributed by atoms with Crippen LogP contribution in [0.5, 0.6) is 5.75 Å². The third kappa shape index (κ3) is 3.34. The number of methoxy groups -OCH3 is 2. The Hall–Kier alpha value is -2.37. The molecule has 0 aliphatic carbocycles. The van der Waals surface area contributed by atoms with Crippen molar-refractivity contribution in [3.05, 3.63) is 28.8 Å². The van der Waals surface area contributed by atoms with E-state index in [1.165, 1.54) is 26.4 Å². The van der Waals surface area contributed by atoms with Crippen LogP contribution in [0.1, 0.15) is 39.1 Å². The van der Waals surface area contributed by atoms with Crippen LogP contribution in [-0.4, -0.2) is 37.0 Å². The summed E-state index contributed by atoms with van der Waals surface area (Å²) in [5, 5.41) is 10.0. The van der Waals surface area contributed by atoms with Crippen LogP contribution in [0.25, 0.3) is 0 Å². The lowest BCUT2D eigenvalue weighted by molar-refractivity contribution is -0.140. The van der Waals surface area contributed by atoms with Crippen molar-refractivity contribution in [2.45, 2.75) is 19.8 Å². The van der Waals surface area contributed by atoms with Crippen LogP contribution in [0.15, 0.2) is 12.1 Å². The van der Waals surface area contributed by atoms with E-state index in [4.69, 9.17) is 0 Å². The Morgan fingerprint density at radius 1 is 1.10 bits per heavy atom. The molecule has 6 nitrogen and oxygen atoms in total. The van der Waals surface area contributed by atoms with E-state index in [2.05, 4.69) is 9.47 Å². The van der Waals surface area contributed by atoms with Gasteiger partial charge in [-0.1, -0.05) is 6.07 Å². The molecule has 6 heteroatoms. The Labute approximate surface area is 116 Å². The van der Waals surface area contributed by atoms with Gasteiger partial charge >= 0.3 is 11.9 Å². The topological polar surface area (TPSA) is 89.9 Å². The summed E-state index contributed by atoms with van der Waals surface area (Å²) in [5.41, 5.74) is 0.440. The van der Waals surface area contributed by atoms with Gasteiger partial charge in [-0.2, -0.15) is 0 Å². The van der Waals surface area contributed by atoms with E-state index < -0.39 is 23.5 Å². The molecular formula is C14H16O6. The molecule has 0 saturated heterocycles. The van der Waals surface area contributed by atoms with Gasteiger partial charge in [-0.15, -0.1) is 0 Å². The molecule has 0 aliphatic rings. The first-order chi connectivity index (χ1) is 9.42. The minimum atomic E-state index is -0.720. The monoisotopic (exact) mass is 280 g/mol. The first-order valence-corrected chi connectivity index (χ1v) is 5.93. The number of hydrogen-bond donors (Lipinski definition) is 1. The van der Waals surface area contributed by atoms with Gasteiger partial charge < -0.3 is 14.6 Å². The van der Waals surface area contributed by atoms with Gasteiger partial charge in [0.2, 0.25) is 0 Å². The summed E-state index contributed by atoms with van der Waals surface area (Å²) in [6.45, 7) is 1.62. The van der Waals surface area contributed by atoms with Crippen molar-refractivity contribution in [2.24, 2.45) is 0 Å². The van der Waals surface area contributed by atoms with Gasteiger partial charge in [0.25, 0.3) is 0 Å². The molecule has 0 aromatic heterocycles. The standard InChI is InChI=1S/C14H16O6/c1-8-4-5-9(10(15)6-7-11(16)19-2)13(17)12(8)14(18)20-3/h4-5,17H,6-7H2,1-3H3. The average molecular weight is 280 g/mol. The van der Waals surface area contributed by atoms with Crippen LogP contribution < -0.4 is 0 Å². The summed E-state index contributed by atoms with van der Waals surface area (Å²) in [4.78, 5) is 34.5. The number of ketones is 1. The number of esters is 2. The summed E-state index contributed by atoms with van der Waals surface area (Å²) in [6.07, 6.45) is -0.194. The van der Waals surface area contributed by atoms with Crippen molar-refractivity contribution in [2.75, 3.05) is 14.2 Å². The van der Waals surface area contributed by atoms with Crippen LogP contribution in [0.4, 0.5) is 0 Å². The minimum absolute atomic E-state index is 0.0140. The van der Waals surface area contributed by atoms with Gasteiger partial charge in [-0.25, -0.2) is 4.79 Å². The van der Waals surface area contributed by atoms with Crippen LogP contribution in [0.2, 0.25) is 0 Å². The number of carbonyl (C=O) groups excluding carboxylic acids is 3. The number of hydrogen-bond acceptors (Lipinski definition) is 6. The molecule has 20 heavy (non-hydrogen) atoms. The van der Waals surface area contributed by atoms with Crippen LogP contribution in [-0.2, 0) is 14.3 Å². The molecule has 108 valence electrons. The van der Waals surface area contributed by atoms with Crippen molar-refractivity contribution in [3.63, 3.8) is 0 Å². The van der Waals surface area contributed by atoms with Crippen molar-refractivity contribution < 1.29 is 29.0 Å². The first kappa shape index (κ1) is 15.7. The zero-order chi connectivity index (χ0) is 15.3. The number of aryl methyl sites for hydroxylation is 1. The fourth-order valence-electron chi connectivity index (χ4n) is 1.73. The summed E-state index contributed by atoms with van der Waals surface area (Å²) in [5.74, 6) is -2.11. The predicted molar refractivity (Wildman–Crippen MR) is 69.8 cm³/mol. The zero-order valence-corrected chi connectivity index (χ0v) is 11.6. The number of rotatable bonds is 5. The lowest BCUT2D eigenvalue weighted by Gasteiger charge is -2.10. The average Bonchev–Trinajstić information content (AvgIpc) is 2.44. The van der Waals surface area contributed by atoms with Gasteiger partial charge in [-0.3, -0.25) is 9.59 Å². The van der Waals surface area contributed by atoms with Gasteiger partial charge in [0.05, 0.1) is 26.2 Å². The lowest BCUT2D eigenvalue weighted by Crippen LogP contribution is -2.10. The smallest absolute Gasteiger partial charge is 0.341 e. The second-order valence-electron chi connectivity index (χ2n) is 4.14. The molecule has 1 rings (SSSR count). The van der Waals surface area contributed by atoms with Crippen molar-refractivity contribution in [1.29, 1.82) is 0 Å². The van der Waals surface area contributed by atoms with Crippen molar-refractivity contribution >= 4 is 17.7 Å². The third-order valence-corrected chi connectivity index (χ3v) is 2.86. The molecule has 1 aromatic rings. The Kier molecular flexibility index (Phi) is 5.25. The van der Waals surface area contributed by atoms with E-state index in [0.29, 0.717) is 5.56 Å². The molecule has 1 N–H and O–H groups in total. The highest BCUT2D eigenvalue weighted by molar-refractivity contribution is 6.04. The highest BCUT2D eigenvalue weighted by atomic mass is 16.5. The van der Waals surface area contributed by atoms with Gasteiger partial charge in [-0.05, 0) is 18.6 Å². The molecule has 1 aromatic carbocycles. The quantitative estimate of drug-likeness (QED) is 0.651. The summed E-state index contributed by atoms with van der Waals surface area (Å²) in [6, 6.07) is 2.95. The second kappa shape index (κ2) is 6.70. The summed E-state index contributed by atoms with van der Waals surface area (Å²) >= 11 is 0. The highest BCUT2D eigenvalue weighted by Gasteiger charge is 2.21. The van der Waals surface area contributed by atoms with Gasteiger partial charge in [0.1, 0.15) is 11.3 Å². The Balaban J connectivity index is 3.05. The number of aromatic hydroxyl groups is 1. The molecule has 0 radical (unpaired) electrons. The van der Waals surface area contributed by atoms with E-state index in [1.807, 2.05) is 0 Å². The first-order valence-electron chi connectivity index (χ1n) is 5.93. The normalized spacial score (nSPS) is 9.95. The summed E-state index contributed by atoms with van der Waals surface area (Å²) < 4.78 is 9.00. The molecule has 0 unspecified atom stereocenters. The van der Waals surface area contributed by atoms with E-state index in [0.717, 1.165) is 0 Å². The third-order valence-electron chi connectivity index (χ3n) is 2.86. The minimum Gasteiger partial charge on any atom is -0.506 e. The zero-order valence-electron chi connectivity index (χ0n) is 11.6. The Morgan fingerprint density at radius 3 is 2.30 bits per heavy atom. The second-order valence-corrected chi connectivity index (χ2v) is 4.14. The van der Waals surface area contributed by atoms with Crippen molar-refractivity contribution in [3.8, 4) is 5.75 Å². The molecule has 0 bridgehead atoms. The van der Waals surface area contributed by atoms with Gasteiger partial charge in [0, 0.05) is 6.42 Å². The summed E-state index contributed by atoms with van der Waals surface area (Å²) in [7, 11) is 2.42. The van der Waals surface area contributed by atoms with Crippen LogP contribution in [0.3, 0.4) is 0 Å². The molecule has 0 atom stereocenters. The highest BCUT2D eigenvalue weighted by Crippen LogP contribution is 2.27.